The minimum Gasteiger partial charge on any atom is -0.447 e. The van der Waals surface area contributed by atoms with E-state index in [2.05, 4.69) is 6.58 Å². The third-order valence-electron chi connectivity index (χ3n) is 3.20. The number of esters is 3. The van der Waals surface area contributed by atoms with E-state index in [4.69, 9.17) is 18.9 Å². The molecule has 3 atom stereocenters. The van der Waals surface area contributed by atoms with Gasteiger partial charge in [0, 0.05) is 18.4 Å². The van der Waals surface area contributed by atoms with Crippen LogP contribution in [0.3, 0.4) is 0 Å². The predicted octanol–water partition coefficient (Wildman–Crippen LogP) is 0.860. The molecule has 0 aromatic rings. The van der Waals surface area contributed by atoms with Crippen molar-refractivity contribution in [2.45, 2.75) is 51.1 Å². The second-order valence-corrected chi connectivity index (χ2v) is 5.07. The Morgan fingerprint density at radius 2 is 2.05 bits per heavy atom. The lowest BCUT2D eigenvalue weighted by atomic mass is 10.2. The van der Waals surface area contributed by atoms with Gasteiger partial charge in [0.15, 0.2) is 0 Å². The minimum atomic E-state index is -1.10. The average molecular weight is 298 g/mol. The highest BCUT2D eigenvalue weighted by Crippen LogP contribution is 2.22. The fraction of sp³-hybridized carbons (Fsp3) is 0.643. The Morgan fingerprint density at radius 3 is 2.67 bits per heavy atom. The van der Waals surface area contributed by atoms with Crippen molar-refractivity contribution in [1.29, 1.82) is 0 Å². The van der Waals surface area contributed by atoms with Gasteiger partial charge in [-0.3, -0.25) is 0 Å². The smallest absolute Gasteiger partial charge is 0.349 e. The van der Waals surface area contributed by atoms with Crippen molar-refractivity contribution in [3.05, 3.63) is 12.2 Å². The number of carbonyl (C=O) groups excluding carboxylic acids is 3. The summed E-state index contributed by atoms with van der Waals surface area (Å²) in [5, 5.41) is 0. The molecular weight excluding hydrogens is 280 g/mol. The lowest BCUT2D eigenvalue weighted by molar-refractivity contribution is -0.196. The van der Waals surface area contributed by atoms with E-state index in [0.717, 1.165) is 12.8 Å². The van der Waals surface area contributed by atoms with Gasteiger partial charge in [0.05, 0.1) is 6.61 Å². The zero-order valence-corrected chi connectivity index (χ0v) is 11.8. The van der Waals surface area contributed by atoms with Crippen molar-refractivity contribution in [3.63, 3.8) is 0 Å². The van der Waals surface area contributed by atoms with Crippen LogP contribution in [-0.4, -0.2) is 43.0 Å². The van der Waals surface area contributed by atoms with Crippen molar-refractivity contribution < 1.29 is 33.3 Å². The molecule has 2 rings (SSSR count). The van der Waals surface area contributed by atoms with Crippen molar-refractivity contribution in [1.82, 2.24) is 0 Å². The molecule has 2 aliphatic heterocycles. The molecule has 21 heavy (non-hydrogen) atoms. The first kappa shape index (κ1) is 15.5. The van der Waals surface area contributed by atoms with Gasteiger partial charge in [0.2, 0.25) is 18.5 Å². The fourth-order valence-electron chi connectivity index (χ4n) is 2.03. The Balaban J connectivity index is 1.84. The normalized spacial score (nSPS) is 28.6. The molecule has 7 heteroatoms. The summed E-state index contributed by atoms with van der Waals surface area (Å²) in [5.74, 6) is -2.12. The van der Waals surface area contributed by atoms with E-state index in [0.29, 0.717) is 13.0 Å². The largest absolute Gasteiger partial charge is 0.447 e. The van der Waals surface area contributed by atoms with Crippen LogP contribution >= 0.6 is 0 Å². The average Bonchev–Trinajstić information content (AvgIpc) is 2.81. The SMILES string of the molecule is C=C(C)C(=O)OC1CC(C(=O)OC2CCCCO2)OC1=O. The van der Waals surface area contributed by atoms with Crippen LogP contribution in [-0.2, 0) is 33.3 Å². The van der Waals surface area contributed by atoms with Gasteiger partial charge < -0.3 is 18.9 Å². The Morgan fingerprint density at radius 1 is 1.29 bits per heavy atom. The van der Waals surface area contributed by atoms with E-state index in [1.807, 2.05) is 0 Å². The summed E-state index contributed by atoms with van der Waals surface area (Å²) in [5.41, 5.74) is 0.171. The van der Waals surface area contributed by atoms with Crippen LogP contribution < -0.4 is 0 Å². The third-order valence-corrected chi connectivity index (χ3v) is 3.20. The summed E-state index contributed by atoms with van der Waals surface area (Å²) in [6.45, 7) is 5.43. The zero-order chi connectivity index (χ0) is 15.4. The molecule has 0 aliphatic carbocycles. The van der Waals surface area contributed by atoms with E-state index in [1.165, 1.54) is 6.92 Å². The van der Waals surface area contributed by atoms with Crippen LogP contribution in [0.4, 0.5) is 0 Å². The molecule has 0 saturated carbocycles. The molecule has 2 heterocycles. The van der Waals surface area contributed by atoms with Gasteiger partial charge >= 0.3 is 17.9 Å². The zero-order valence-electron chi connectivity index (χ0n) is 11.8. The predicted molar refractivity (Wildman–Crippen MR) is 68.9 cm³/mol. The van der Waals surface area contributed by atoms with Gasteiger partial charge in [-0.15, -0.1) is 0 Å². The fourth-order valence-corrected chi connectivity index (χ4v) is 2.03. The molecule has 0 aromatic heterocycles. The molecule has 3 unspecified atom stereocenters. The number of rotatable bonds is 4. The summed E-state index contributed by atoms with van der Waals surface area (Å²) in [6, 6.07) is 0. The molecule has 7 nitrogen and oxygen atoms in total. The van der Waals surface area contributed by atoms with Crippen LogP contribution in [0.5, 0.6) is 0 Å². The Labute approximate surface area is 122 Å². The summed E-state index contributed by atoms with van der Waals surface area (Å²) in [7, 11) is 0. The monoisotopic (exact) mass is 298 g/mol. The topological polar surface area (TPSA) is 88.1 Å². The molecule has 0 aromatic carbocycles. The van der Waals surface area contributed by atoms with Crippen LogP contribution in [0.2, 0.25) is 0 Å². The maximum Gasteiger partial charge on any atom is 0.349 e. The lowest BCUT2D eigenvalue weighted by Gasteiger charge is -2.23. The van der Waals surface area contributed by atoms with E-state index in [-0.39, 0.29) is 12.0 Å². The number of hydrogen-bond donors (Lipinski definition) is 0. The molecule has 0 N–H and O–H groups in total. The van der Waals surface area contributed by atoms with Crippen LogP contribution in [0.1, 0.15) is 32.6 Å². The van der Waals surface area contributed by atoms with Crippen LogP contribution in [0, 0.1) is 0 Å². The van der Waals surface area contributed by atoms with Crippen LogP contribution in [0.15, 0.2) is 12.2 Å². The molecule has 0 amide bonds. The Hall–Kier alpha value is -1.89. The van der Waals surface area contributed by atoms with E-state index >= 15 is 0 Å². The minimum absolute atomic E-state index is 0.0522. The number of hydrogen-bond acceptors (Lipinski definition) is 7. The van der Waals surface area contributed by atoms with Crippen molar-refractivity contribution in [2.75, 3.05) is 6.61 Å². The highest BCUT2D eigenvalue weighted by Gasteiger charge is 2.42. The van der Waals surface area contributed by atoms with Crippen molar-refractivity contribution in [3.8, 4) is 0 Å². The van der Waals surface area contributed by atoms with Gasteiger partial charge in [-0.05, 0) is 19.8 Å². The number of carbonyl (C=O) groups is 3. The highest BCUT2D eigenvalue weighted by molar-refractivity contribution is 5.91. The quantitative estimate of drug-likeness (QED) is 0.432. The van der Waals surface area contributed by atoms with E-state index < -0.39 is 36.4 Å². The second kappa shape index (κ2) is 6.71. The third kappa shape index (κ3) is 4.04. The molecule has 0 bridgehead atoms. The van der Waals surface area contributed by atoms with Gasteiger partial charge in [-0.1, -0.05) is 6.58 Å². The molecule has 116 valence electrons. The molecule has 2 saturated heterocycles. The molecule has 2 fully saturated rings. The molecule has 0 spiro atoms. The number of cyclic esters (lactones) is 1. The Kier molecular flexibility index (Phi) is 4.95. The first-order chi connectivity index (χ1) is 9.97. The van der Waals surface area contributed by atoms with Gasteiger partial charge in [0.1, 0.15) is 0 Å². The maximum absolute atomic E-state index is 11.9. The highest BCUT2D eigenvalue weighted by atomic mass is 16.7. The molecule has 2 aliphatic rings. The lowest BCUT2D eigenvalue weighted by Crippen LogP contribution is -2.31. The first-order valence-corrected chi connectivity index (χ1v) is 6.86. The molecular formula is C14H18O7. The standard InChI is InChI=1S/C14H18O7/c1-8(2)12(15)19-9-7-10(20-13(9)16)14(17)21-11-5-3-4-6-18-11/h9-11H,1,3-7H2,2H3. The maximum atomic E-state index is 11.9. The molecule has 0 radical (unpaired) electrons. The van der Waals surface area contributed by atoms with E-state index in [1.54, 1.807) is 0 Å². The number of ether oxygens (including phenoxy) is 4. The summed E-state index contributed by atoms with van der Waals surface area (Å²) >= 11 is 0. The summed E-state index contributed by atoms with van der Waals surface area (Å²) < 4.78 is 20.2. The van der Waals surface area contributed by atoms with Crippen molar-refractivity contribution in [2.24, 2.45) is 0 Å². The van der Waals surface area contributed by atoms with Gasteiger partial charge in [-0.25, -0.2) is 14.4 Å². The first-order valence-electron chi connectivity index (χ1n) is 6.86. The van der Waals surface area contributed by atoms with Gasteiger partial charge in [-0.2, -0.15) is 0 Å². The van der Waals surface area contributed by atoms with Crippen molar-refractivity contribution >= 4 is 17.9 Å². The summed E-state index contributed by atoms with van der Waals surface area (Å²) in [4.78, 5) is 34.8. The van der Waals surface area contributed by atoms with E-state index in [9.17, 15) is 14.4 Å². The van der Waals surface area contributed by atoms with Gasteiger partial charge in [0.25, 0.3) is 0 Å². The second-order valence-electron chi connectivity index (χ2n) is 5.07. The summed E-state index contributed by atoms with van der Waals surface area (Å²) in [6.07, 6.45) is -0.330. The van der Waals surface area contributed by atoms with Crippen LogP contribution in [0.25, 0.3) is 0 Å². The Bertz CT molecular complexity index is 450.